The van der Waals surface area contributed by atoms with Gasteiger partial charge in [-0.25, -0.2) is 9.18 Å². The van der Waals surface area contributed by atoms with Crippen LogP contribution in [0, 0.1) is 5.82 Å². The molecule has 1 saturated heterocycles. The van der Waals surface area contributed by atoms with E-state index in [1.54, 1.807) is 19.1 Å². The standard InChI is InChI=1S/C20H20FN3O3/c1-3-14-4-8-16(9-5-14)22-18(25)12-23-19(26)13(2)24(20(23)27)17-10-6-15(21)7-11-17/h4-11,13H,3,12H2,1-2H3,(H,22,25). The van der Waals surface area contributed by atoms with Gasteiger partial charge in [-0.1, -0.05) is 19.1 Å². The van der Waals surface area contributed by atoms with Gasteiger partial charge < -0.3 is 5.32 Å². The molecule has 1 atom stereocenters. The summed E-state index contributed by atoms with van der Waals surface area (Å²) in [5.41, 5.74) is 2.14. The number of halogens is 1. The second-order valence-corrected chi connectivity index (χ2v) is 6.33. The van der Waals surface area contributed by atoms with Gasteiger partial charge in [0.05, 0.1) is 0 Å². The van der Waals surface area contributed by atoms with Crippen molar-refractivity contribution in [2.75, 3.05) is 16.8 Å². The predicted octanol–water partition coefficient (Wildman–Crippen LogP) is 3.18. The van der Waals surface area contributed by atoms with Gasteiger partial charge in [0.2, 0.25) is 5.91 Å². The van der Waals surface area contributed by atoms with E-state index in [0.717, 1.165) is 16.9 Å². The van der Waals surface area contributed by atoms with Crippen LogP contribution in [0.15, 0.2) is 48.5 Å². The summed E-state index contributed by atoms with van der Waals surface area (Å²) in [5, 5.41) is 2.68. The van der Waals surface area contributed by atoms with Crippen LogP contribution in [0.3, 0.4) is 0 Å². The minimum atomic E-state index is -0.764. The van der Waals surface area contributed by atoms with Crippen molar-refractivity contribution in [2.24, 2.45) is 0 Å². The Bertz CT molecular complexity index is 865. The number of hydrogen-bond acceptors (Lipinski definition) is 3. The number of amides is 4. The number of benzene rings is 2. The number of rotatable bonds is 5. The van der Waals surface area contributed by atoms with Crippen molar-refractivity contribution in [3.05, 3.63) is 59.9 Å². The van der Waals surface area contributed by atoms with Gasteiger partial charge in [0.15, 0.2) is 0 Å². The SMILES string of the molecule is CCc1ccc(NC(=O)CN2C(=O)C(C)N(c3ccc(F)cc3)C2=O)cc1. The highest BCUT2D eigenvalue weighted by atomic mass is 19.1. The molecule has 0 aromatic heterocycles. The summed E-state index contributed by atoms with van der Waals surface area (Å²) in [6, 6.07) is 11.3. The Morgan fingerprint density at radius 2 is 1.70 bits per heavy atom. The van der Waals surface area contributed by atoms with Gasteiger partial charge in [-0.05, 0) is 55.3 Å². The molecule has 0 saturated carbocycles. The van der Waals surface area contributed by atoms with Crippen LogP contribution >= 0.6 is 0 Å². The van der Waals surface area contributed by atoms with E-state index in [2.05, 4.69) is 5.32 Å². The van der Waals surface area contributed by atoms with Crippen molar-refractivity contribution in [2.45, 2.75) is 26.3 Å². The van der Waals surface area contributed by atoms with Crippen molar-refractivity contribution < 1.29 is 18.8 Å². The topological polar surface area (TPSA) is 69.7 Å². The zero-order valence-corrected chi connectivity index (χ0v) is 15.1. The van der Waals surface area contributed by atoms with Crippen molar-refractivity contribution in [3.63, 3.8) is 0 Å². The zero-order chi connectivity index (χ0) is 19.6. The average Bonchev–Trinajstić information content (AvgIpc) is 2.87. The summed E-state index contributed by atoms with van der Waals surface area (Å²) in [4.78, 5) is 39.5. The molecule has 2 aromatic carbocycles. The number of imide groups is 1. The number of carbonyl (C=O) groups excluding carboxylic acids is 3. The summed E-state index contributed by atoms with van der Waals surface area (Å²) in [6.45, 7) is 3.23. The van der Waals surface area contributed by atoms with E-state index in [9.17, 15) is 18.8 Å². The third kappa shape index (κ3) is 3.81. The third-order valence-electron chi connectivity index (χ3n) is 4.50. The minimum absolute atomic E-state index is 0.380. The summed E-state index contributed by atoms with van der Waals surface area (Å²) in [7, 11) is 0. The Labute approximate surface area is 156 Å². The third-order valence-corrected chi connectivity index (χ3v) is 4.50. The lowest BCUT2D eigenvalue weighted by molar-refractivity contribution is -0.130. The number of hydrogen-bond donors (Lipinski definition) is 1. The Kier molecular flexibility index (Phi) is 5.21. The van der Waals surface area contributed by atoms with Crippen molar-refractivity contribution in [1.29, 1.82) is 0 Å². The molecular formula is C20H20FN3O3. The minimum Gasteiger partial charge on any atom is -0.325 e. The molecule has 140 valence electrons. The Hall–Kier alpha value is -3.22. The van der Waals surface area contributed by atoms with E-state index >= 15 is 0 Å². The second kappa shape index (κ2) is 7.57. The maximum Gasteiger partial charge on any atom is 0.332 e. The number of aryl methyl sites for hydroxylation is 1. The molecule has 2 aromatic rings. The molecule has 4 amide bonds. The normalized spacial score (nSPS) is 16.8. The lowest BCUT2D eigenvalue weighted by atomic mass is 10.1. The van der Waals surface area contributed by atoms with Crippen LogP contribution < -0.4 is 10.2 Å². The summed E-state index contributed by atoms with van der Waals surface area (Å²) >= 11 is 0. The first kappa shape index (κ1) is 18.6. The van der Waals surface area contributed by atoms with E-state index in [4.69, 9.17) is 0 Å². The Balaban J connectivity index is 1.70. The number of nitrogens with one attached hydrogen (secondary N) is 1. The summed E-state index contributed by atoms with van der Waals surface area (Å²) in [5.74, 6) is -1.37. The largest absolute Gasteiger partial charge is 0.332 e. The fraction of sp³-hybridized carbons (Fsp3) is 0.250. The lowest BCUT2D eigenvalue weighted by Gasteiger charge is -2.19. The van der Waals surface area contributed by atoms with Gasteiger partial charge in [0.25, 0.3) is 5.91 Å². The van der Waals surface area contributed by atoms with Crippen molar-refractivity contribution >= 4 is 29.2 Å². The van der Waals surface area contributed by atoms with Crippen LogP contribution in [0.2, 0.25) is 0 Å². The van der Waals surface area contributed by atoms with Crippen molar-refractivity contribution in [1.82, 2.24) is 4.90 Å². The molecule has 0 aliphatic carbocycles. The van der Waals surface area contributed by atoms with Gasteiger partial charge in [0, 0.05) is 11.4 Å². The van der Waals surface area contributed by atoms with E-state index in [0.29, 0.717) is 11.4 Å². The summed E-state index contributed by atoms with van der Waals surface area (Å²) < 4.78 is 13.1. The molecule has 1 unspecified atom stereocenters. The zero-order valence-electron chi connectivity index (χ0n) is 15.1. The second-order valence-electron chi connectivity index (χ2n) is 6.33. The van der Waals surface area contributed by atoms with Gasteiger partial charge >= 0.3 is 6.03 Å². The monoisotopic (exact) mass is 369 g/mol. The Morgan fingerprint density at radius 3 is 2.30 bits per heavy atom. The highest BCUT2D eigenvalue weighted by Gasteiger charge is 2.44. The van der Waals surface area contributed by atoms with Crippen LogP contribution in [0.4, 0.5) is 20.6 Å². The first-order chi connectivity index (χ1) is 12.9. The van der Waals surface area contributed by atoms with Crippen molar-refractivity contribution in [3.8, 4) is 0 Å². The number of nitrogens with zero attached hydrogens (tertiary/aromatic N) is 2. The quantitative estimate of drug-likeness (QED) is 0.823. The van der Waals surface area contributed by atoms with Crippen LogP contribution in [-0.4, -0.2) is 35.3 Å². The highest BCUT2D eigenvalue weighted by Crippen LogP contribution is 2.26. The predicted molar refractivity (Wildman–Crippen MR) is 99.9 cm³/mol. The molecule has 0 bridgehead atoms. The molecule has 6 nitrogen and oxygen atoms in total. The van der Waals surface area contributed by atoms with Gasteiger partial charge in [-0.15, -0.1) is 0 Å². The number of anilines is 2. The van der Waals surface area contributed by atoms with E-state index in [1.807, 2.05) is 19.1 Å². The lowest BCUT2D eigenvalue weighted by Crippen LogP contribution is -2.39. The molecule has 1 N–H and O–H groups in total. The van der Waals surface area contributed by atoms with E-state index in [-0.39, 0.29) is 6.54 Å². The number of urea groups is 1. The Morgan fingerprint density at radius 1 is 1.07 bits per heavy atom. The molecule has 1 aliphatic heterocycles. The molecule has 27 heavy (non-hydrogen) atoms. The molecule has 0 spiro atoms. The maximum atomic E-state index is 13.1. The molecule has 3 rings (SSSR count). The highest BCUT2D eigenvalue weighted by molar-refractivity contribution is 6.16. The van der Waals surface area contributed by atoms with Crippen LogP contribution in [0.5, 0.6) is 0 Å². The number of carbonyl (C=O) groups is 3. The van der Waals surface area contributed by atoms with Gasteiger partial charge in [0.1, 0.15) is 18.4 Å². The summed E-state index contributed by atoms with van der Waals surface area (Å²) in [6.07, 6.45) is 0.891. The van der Waals surface area contributed by atoms with Crippen LogP contribution in [-0.2, 0) is 16.0 Å². The molecule has 1 heterocycles. The van der Waals surface area contributed by atoms with Crippen LogP contribution in [0.25, 0.3) is 0 Å². The molecule has 7 heteroatoms. The first-order valence-corrected chi connectivity index (χ1v) is 8.69. The van der Waals surface area contributed by atoms with Gasteiger partial charge in [-0.3, -0.25) is 19.4 Å². The molecule has 1 aliphatic rings. The van der Waals surface area contributed by atoms with E-state index in [1.165, 1.54) is 29.2 Å². The molecule has 0 radical (unpaired) electrons. The average molecular weight is 369 g/mol. The van der Waals surface area contributed by atoms with Crippen LogP contribution in [0.1, 0.15) is 19.4 Å². The molecular weight excluding hydrogens is 349 g/mol. The fourth-order valence-corrected chi connectivity index (χ4v) is 2.98. The first-order valence-electron chi connectivity index (χ1n) is 8.69. The van der Waals surface area contributed by atoms with Gasteiger partial charge in [-0.2, -0.15) is 0 Å². The molecule has 1 fully saturated rings. The maximum absolute atomic E-state index is 13.1. The fourth-order valence-electron chi connectivity index (χ4n) is 2.98. The van der Waals surface area contributed by atoms with E-state index < -0.39 is 29.7 Å². The smallest absolute Gasteiger partial charge is 0.325 e.